The quantitative estimate of drug-likeness (QED) is 0.644. The summed E-state index contributed by atoms with van der Waals surface area (Å²) in [5.41, 5.74) is 2.48. The molecule has 0 aromatic carbocycles. The molecule has 0 N–H and O–H groups in total. The number of methoxy groups -OCH3 is 1. The number of thiophene rings is 1. The van der Waals surface area contributed by atoms with E-state index in [1.165, 1.54) is 16.6 Å². The second-order valence-corrected chi connectivity index (χ2v) is 8.68. The van der Waals surface area contributed by atoms with Crippen molar-refractivity contribution < 1.29 is 14.3 Å². The lowest BCUT2D eigenvalue weighted by Crippen LogP contribution is -2.48. The minimum atomic E-state index is -0.317. The molecule has 1 spiro atoms. The molecule has 0 radical (unpaired) electrons. The van der Waals surface area contributed by atoms with Crippen LogP contribution in [0.2, 0.25) is 0 Å². The summed E-state index contributed by atoms with van der Waals surface area (Å²) < 4.78 is 11.6. The molecule has 3 aromatic heterocycles. The largest absolute Gasteiger partial charge is 0.495 e. The van der Waals surface area contributed by atoms with Gasteiger partial charge in [0.2, 0.25) is 0 Å². The lowest BCUT2D eigenvalue weighted by Gasteiger charge is -2.44. The van der Waals surface area contributed by atoms with Gasteiger partial charge in [-0.2, -0.15) is 10.2 Å². The Balaban J connectivity index is 1.37. The average Bonchev–Trinajstić information content (AvgIpc) is 3.26. The van der Waals surface area contributed by atoms with Crippen LogP contribution in [-0.2, 0) is 16.8 Å². The number of carbonyl (C=O) groups excluding carboxylic acids is 1. The van der Waals surface area contributed by atoms with Crippen LogP contribution in [0.3, 0.4) is 0 Å². The fourth-order valence-electron chi connectivity index (χ4n) is 4.27. The summed E-state index contributed by atoms with van der Waals surface area (Å²) in [4.78, 5) is 21.7. The molecule has 1 amide bonds. The fraction of sp³-hybridized carbons (Fsp3) is 0.364. The van der Waals surface area contributed by atoms with E-state index in [1.807, 2.05) is 17.0 Å². The van der Waals surface area contributed by atoms with E-state index in [0.29, 0.717) is 25.3 Å². The predicted molar refractivity (Wildman–Crippen MR) is 113 cm³/mol. The van der Waals surface area contributed by atoms with E-state index in [9.17, 15) is 4.79 Å². The van der Waals surface area contributed by atoms with Crippen molar-refractivity contribution in [1.29, 1.82) is 0 Å². The highest BCUT2D eigenvalue weighted by Gasteiger charge is 2.43. The maximum atomic E-state index is 12.8. The Bertz CT molecular complexity index is 1040. The first-order valence-electron chi connectivity index (χ1n) is 10.0. The number of rotatable bonds is 3. The van der Waals surface area contributed by atoms with Gasteiger partial charge in [0.15, 0.2) is 0 Å². The number of aromatic nitrogens is 3. The standard InChI is InChI=1S/C22H22N4O3S/c1-28-16-2-3-18(23-14-16)20-12-17-19(30-20)5-11-29-22(17)6-9-26(10-7-22)21(27)15-4-8-24-25-13-15/h2-4,8,12-14H,5-7,9-11H2,1H3. The molecule has 1 saturated heterocycles. The lowest BCUT2D eigenvalue weighted by molar-refractivity contribution is -0.0926. The van der Waals surface area contributed by atoms with Crippen LogP contribution in [0.1, 0.15) is 33.6 Å². The van der Waals surface area contributed by atoms with Crippen molar-refractivity contribution in [3.63, 3.8) is 0 Å². The van der Waals surface area contributed by atoms with Crippen molar-refractivity contribution in [2.24, 2.45) is 0 Å². The van der Waals surface area contributed by atoms with Crippen LogP contribution in [0.25, 0.3) is 10.6 Å². The number of ether oxygens (including phenoxy) is 2. The van der Waals surface area contributed by atoms with Gasteiger partial charge in [-0.15, -0.1) is 11.3 Å². The predicted octanol–water partition coefficient (Wildman–Crippen LogP) is 3.31. The first kappa shape index (κ1) is 19.1. The van der Waals surface area contributed by atoms with Crippen LogP contribution in [0.15, 0.2) is 42.9 Å². The van der Waals surface area contributed by atoms with Crippen molar-refractivity contribution in [2.75, 3.05) is 26.8 Å². The zero-order chi connectivity index (χ0) is 20.6. The second-order valence-electron chi connectivity index (χ2n) is 7.55. The van der Waals surface area contributed by atoms with Gasteiger partial charge >= 0.3 is 0 Å². The molecule has 2 aliphatic heterocycles. The molecular weight excluding hydrogens is 400 g/mol. The number of amides is 1. The van der Waals surface area contributed by atoms with Crippen molar-refractivity contribution in [3.05, 3.63) is 58.9 Å². The maximum absolute atomic E-state index is 12.8. The van der Waals surface area contributed by atoms with Gasteiger partial charge in [-0.1, -0.05) is 0 Å². The molecule has 5 heterocycles. The monoisotopic (exact) mass is 422 g/mol. The molecule has 154 valence electrons. The van der Waals surface area contributed by atoms with E-state index in [2.05, 4.69) is 21.2 Å². The Labute approximate surface area is 178 Å². The summed E-state index contributed by atoms with van der Waals surface area (Å²) in [6.07, 6.45) is 7.32. The molecule has 5 rings (SSSR count). The number of likely N-dealkylation sites (tertiary alicyclic amines) is 1. The number of hydrogen-bond acceptors (Lipinski definition) is 7. The number of hydrogen-bond donors (Lipinski definition) is 0. The number of carbonyl (C=O) groups is 1. The minimum absolute atomic E-state index is 0.00391. The molecule has 0 atom stereocenters. The molecule has 0 aliphatic carbocycles. The summed E-state index contributed by atoms with van der Waals surface area (Å²) in [5, 5.41) is 7.57. The van der Waals surface area contributed by atoms with E-state index >= 15 is 0 Å². The third kappa shape index (κ3) is 3.36. The van der Waals surface area contributed by atoms with E-state index < -0.39 is 0 Å². The normalized spacial score (nSPS) is 17.6. The molecule has 7 nitrogen and oxygen atoms in total. The highest BCUT2D eigenvalue weighted by molar-refractivity contribution is 7.15. The third-order valence-corrected chi connectivity index (χ3v) is 7.14. The van der Waals surface area contributed by atoms with Gasteiger partial charge in [0.05, 0.1) is 54.0 Å². The fourth-order valence-corrected chi connectivity index (χ4v) is 5.48. The number of nitrogens with zero attached hydrogens (tertiary/aromatic N) is 4. The number of fused-ring (bicyclic) bond motifs is 2. The highest BCUT2D eigenvalue weighted by Crippen LogP contribution is 2.46. The molecular formula is C22H22N4O3S. The van der Waals surface area contributed by atoms with Gasteiger partial charge in [-0.3, -0.25) is 9.78 Å². The van der Waals surface area contributed by atoms with Gasteiger partial charge in [-0.05, 0) is 42.7 Å². The molecule has 1 fully saturated rings. The van der Waals surface area contributed by atoms with Crippen LogP contribution in [-0.4, -0.2) is 52.8 Å². The van der Waals surface area contributed by atoms with E-state index in [1.54, 1.807) is 36.9 Å². The Morgan fingerprint density at radius 2 is 2.07 bits per heavy atom. The van der Waals surface area contributed by atoms with Crippen molar-refractivity contribution in [3.8, 4) is 16.3 Å². The van der Waals surface area contributed by atoms with Crippen LogP contribution >= 0.6 is 11.3 Å². The smallest absolute Gasteiger partial charge is 0.255 e. The van der Waals surface area contributed by atoms with Gasteiger partial charge < -0.3 is 14.4 Å². The summed E-state index contributed by atoms with van der Waals surface area (Å²) in [7, 11) is 1.64. The Hall–Kier alpha value is -2.84. The summed E-state index contributed by atoms with van der Waals surface area (Å²) in [6.45, 7) is 2.03. The van der Waals surface area contributed by atoms with Gasteiger partial charge in [-0.25, -0.2) is 0 Å². The summed E-state index contributed by atoms with van der Waals surface area (Å²) >= 11 is 1.79. The average molecular weight is 423 g/mol. The van der Waals surface area contributed by atoms with Gasteiger partial charge in [0.1, 0.15) is 5.75 Å². The molecule has 8 heteroatoms. The topological polar surface area (TPSA) is 77.4 Å². The van der Waals surface area contributed by atoms with Crippen LogP contribution < -0.4 is 4.74 Å². The first-order chi connectivity index (χ1) is 14.7. The number of pyridine rings is 1. The SMILES string of the molecule is COc1ccc(-c2cc3c(s2)CCOC32CCN(C(=O)c3ccnnc3)CC2)nc1. The van der Waals surface area contributed by atoms with E-state index in [-0.39, 0.29) is 11.5 Å². The molecule has 0 unspecified atom stereocenters. The summed E-state index contributed by atoms with van der Waals surface area (Å²) in [5.74, 6) is 0.755. The third-order valence-electron chi connectivity index (χ3n) is 5.92. The zero-order valence-corrected chi connectivity index (χ0v) is 17.5. The molecule has 0 bridgehead atoms. The van der Waals surface area contributed by atoms with E-state index in [4.69, 9.17) is 9.47 Å². The molecule has 0 saturated carbocycles. The molecule has 30 heavy (non-hydrogen) atoms. The van der Waals surface area contributed by atoms with Gasteiger partial charge in [0.25, 0.3) is 5.91 Å². The first-order valence-corrected chi connectivity index (χ1v) is 10.8. The second kappa shape index (κ2) is 7.77. The lowest BCUT2D eigenvalue weighted by atomic mass is 9.82. The number of piperidine rings is 1. The van der Waals surface area contributed by atoms with Crippen molar-refractivity contribution in [1.82, 2.24) is 20.1 Å². The van der Waals surface area contributed by atoms with Crippen molar-refractivity contribution >= 4 is 17.2 Å². The van der Waals surface area contributed by atoms with Crippen LogP contribution in [0, 0.1) is 0 Å². The maximum Gasteiger partial charge on any atom is 0.255 e. The summed E-state index contributed by atoms with van der Waals surface area (Å²) in [6, 6.07) is 7.87. The van der Waals surface area contributed by atoms with E-state index in [0.717, 1.165) is 35.6 Å². The molecule has 2 aliphatic rings. The highest BCUT2D eigenvalue weighted by atomic mass is 32.1. The minimum Gasteiger partial charge on any atom is -0.495 e. The Kier molecular flexibility index (Phi) is 4.96. The molecule has 3 aromatic rings. The van der Waals surface area contributed by atoms with Crippen LogP contribution in [0.4, 0.5) is 0 Å². The zero-order valence-electron chi connectivity index (χ0n) is 16.7. The van der Waals surface area contributed by atoms with Crippen LogP contribution in [0.5, 0.6) is 5.75 Å². The van der Waals surface area contributed by atoms with Gasteiger partial charge in [0, 0.05) is 24.4 Å². The Morgan fingerprint density at radius 1 is 1.20 bits per heavy atom. The Morgan fingerprint density at radius 3 is 2.77 bits per heavy atom. The van der Waals surface area contributed by atoms with Crippen molar-refractivity contribution in [2.45, 2.75) is 24.9 Å².